The highest BCUT2D eigenvalue weighted by Crippen LogP contribution is 2.06. The molecule has 3 nitrogen and oxygen atoms in total. The van der Waals surface area contributed by atoms with Crippen molar-refractivity contribution < 1.29 is 14.6 Å². The molecule has 70 valence electrons. The number of rotatable bonds is 6. The molecule has 0 rings (SSSR count). The Balaban J connectivity index is 3.66. The Labute approximate surface area is 73.0 Å². The Hall–Kier alpha value is -0.830. The minimum Gasteiger partial charge on any atom is -0.459 e. The SMILES string of the molecule is C=CC(=O)OC(CC)CCCO. The molecule has 0 fully saturated rings. The molecule has 1 atom stereocenters. The molecule has 0 saturated heterocycles. The van der Waals surface area contributed by atoms with Crippen molar-refractivity contribution in [1.29, 1.82) is 0 Å². The molecule has 12 heavy (non-hydrogen) atoms. The largest absolute Gasteiger partial charge is 0.459 e. The summed E-state index contributed by atoms with van der Waals surface area (Å²) in [6, 6.07) is 0. The van der Waals surface area contributed by atoms with Gasteiger partial charge in [-0.05, 0) is 19.3 Å². The minimum absolute atomic E-state index is 0.0809. The van der Waals surface area contributed by atoms with E-state index in [1.165, 1.54) is 0 Å². The smallest absolute Gasteiger partial charge is 0.330 e. The fourth-order valence-electron chi connectivity index (χ4n) is 0.878. The van der Waals surface area contributed by atoms with Gasteiger partial charge in [-0.15, -0.1) is 0 Å². The van der Waals surface area contributed by atoms with Crippen molar-refractivity contribution in [2.75, 3.05) is 6.61 Å². The third-order valence-corrected chi connectivity index (χ3v) is 1.59. The van der Waals surface area contributed by atoms with Gasteiger partial charge < -0.3 is 9.84 Å². The van der Waals surface area contributed by atoms with Gasteiger partial charge in [-0.1, -0.05) is 13.5 Å². The number of aliphatic hydroxyl groups is 1. The van der Waals surface area contributed by atoms with E-state index in [9.17, 15) is 4.79 Å². The van der Waals surface area contributed by atoms with Crippen LogP contribution in [0.5, 0.6) is 0 Å². The Kier molecular flexibility index (Phi) is 6.38. The Morgan fingerprint density at radius 3 is 2.83 bits per heavy atom. The van der Waals surface area contributed by atoms with Crippen LogP contribution >= 0.6 is 0 Å². The van der Waals surface area contributed by atoms with Gasteiger partial charge >= 0.3 is 5.97 Å². The van der Waals surface area contributed by atoms with Crippen LogP contribution in [0, 0.1) is 0 Å². The molecule has 0 radical (unpaired) electrons. The number of hydrogen-bond donors (Lipinski definition) is 1. The summed E-state index contributed by atoms with van der Waals surface area (Å²) >= 11 is 0. The average Bonchev–Trinajstić information content (AvgIpc) is 2.11. The monoisotopic (exact) mass is 172 g/mol. The van der Waals surface area contributed by atoms with E-state index in [-0.39, 0.29) is 18.7 Å². The summed E-state index contributed by atoms with van der Waals surface area (Å²) in [5.74, 6) is -0.389. The molecule has 0 aromatic heterocycles. The summed E-state index contributed by atoms with van der Waals surface area (Å²) in [6.45, 7) is 5.39. The highest BCUT2D eigenvalue weighted by Gasteiger charge is 2.08. The van der Waals surface area contributed by atoms with E-state index in [2.05, 4.69) is 6.58 Å². The minimum atomic E-state index is -0.389. The van der Waals surface area contributed by atoms with Crippen LogP contribution in [0.25, 0.3) is 0 Å². The molecule has 0 saturated carbocycles. The van der Waals surface area contributed by atoms with Crippen LogP contribution in [-0.4, -0.2) is 23.8 Å². The van der Waals surface area contributed by atoms with E-state index >= 15 is 0 Å². The lowest BCUT2D eigenvalue weighted by molar-refractivity contribution is -0.143. The van der Waals surface area contributed by atoms with Crippen LogP contribution in [0.4, 0.5) is 0 Å². The molecule has 0 spiro atoms. The van der Waals surface area contributed by atoms with Gasteiger partial charge in [0, 0.05) is 12.7 Å². The zero-order valence-corrected chi connectivity index (χ0v) is 7.45. The molecule has 0 aromatic rings. The molecule has 0 bridgehead atoms. The van der Waals surface area contributed by atoms with Crippen molar-refractivity contribution in [2.45, 2.75) is 32.3 Å². The quantitative estimate of drug-likeness (QED) is 0.484. The maximum absolute atomic E-state index is 10.7. The van der Waals surface area contributed by atoms with Gasteiger partial charge in [-0.2, -0.15) is 0 Å². The third kappa shape index (κ3) is 4.91. The van der Waals surface area contributed by atoms with Gasteiger partial charge in [0.2, 0.25) is 0 Å². The molecule has 0 amide bonds. The van der Waals surface area contributed by atoms with Crippen LogP contribution in [0.3, 0.4) is 0 Å². The summed E-state index contributed by atoms with van der Waals surface area (Å²) < 4.78 is 4.98. The fraction of sp³-hybridized carbons (Fsp3) is 0.667. The molecule has 0 aromatic carbocycles. The Bertz CT molecular complexity index is 143. The molecule has 3 heteroatoms. The van der Waals surface area contributed by atoms with Gasteiger partial charge in [-0.25, -0.2) is 4.79 Å². The highest BCUT2D eigenvalue weighted by atomic mass is 16.5. The van der Waals surface area contributed by atoms with E-state index in [0.717, 1.165) is 12.5 Å². The number of carbonyl (C=O) groups excluding carboxylic acids is 1. The number of hydrogen-bond acceptors (Lipinski definition) is 3. The predicted molar refractivity (Wildman–Crippen MR) is 46.7 cm³/mol. The first-order valence-electron chi connectivity index (χ1n) is 4.18. The van der Waals surface area contributed by atoms with E-state index in [4.69, 9.17) is 9.84 Å². The second-order valence-corrected chi connectivity index (χ2v) is 2.54. The molecular formula is C9H16O3. The summed E-state index contributed by atoms with van der Waals surface area (Å²) in [5.41, 5.74) is 0. The number of carbonyl (C=O) groups is 1. The molecule has 0 aliphatic carbocycles. The van der Waals surface area contributed by atoms with Gasteiger partial charge in [0.25, 0.3) is 0 Å². The van der Waals surface area contributed by atoms with Gasteiger partial charge in [0.1, 0.15) is 6.10 Å². The van der Waals surface area contributed by atoms with Crippen molar-refractivity contribution in [3.05, 3.63) is 12.7 Å². The Morgan fingerprint density at radius 1 is 1.75 bits per heavy atom. The fourth-order valence-corrected chi connectivity index (χ4v) is 0.878. The van der Waals surface area contributed by atoms with Crippen molar-refractivity contribution in [1.82, 2.24) is 0 Å². The second kappa shape index (κ2) is 6.85. The van der Waals surface area contributed by atoms with E-state index in [1.807, 2.05) is 6.92 Å². The van der Waals surface area contributed by atoms with Crippen LogP contribution in [0.15, 0.2) is 12.7 Å². The van der Waals surface area contributed by atoms with Crippen LogP contribution < -0.4 is 0 Å². The van der Waals surface area contributed by atoms with Crippen LogP contribution in [0.1, 0.15) is 26.2 Å². The maximum Gasteiger partial charge on any atom is 0.330 e. The zero-order chi connectivity index (χ0) is 9.40. The Morgan fingerprint density at radius 2 is 2.42 bits per heavy atom. The molecule has 0 heterocycles. The number of ether oxygens (including phenoxy) is 1. The van der Waals surface area contributed by atoms with Gasteiger partial charge in [0.15, 0.2) is 0 Å². The van der Waals surface area contributed by atoms with Crippen molar-refractivity contribution in [3.63, 3.8) is 0 Å². The number of aliphatic hydroxyl groups excluding tert-OH is 1. The summed E-state index contributed by atoms with van der Waals surface area (Å²) in [4.78, 5) is 10.7. The third-order valence-electron chi connectivity index (χ3n) is 1.59. The second-order valence-electron chi connectivity index (χ2n) is 2.54. The van der Waals surface area contributed by atoms with Gasteiger partial charge in [-0.3, -0.25) is 0 Å². The normalized spacial score (nSPS) is 12.2. The molecule has 0 aliphatic rings. The lowest BCUT2D eigenvalue weighted by Crippen LogP contribution is -2.16. The maximum atomic E-state index is 10.7. The topological polar surface area (TPSA) is 46.5 Å². The van der Waals surface area contributed by atoms with E-state index < -0.39 is 0 Å². The van der Waals surface area contributed by atoms with E-state index in [1.54, 1.807) is 0 Å². The van der Waals surface area contributed by atoms with Crippen molar-refractivity contribution in [2.24, 2.45) is 0 Å². The van der Waals surface area contributed by atoms with Crippen LogP contribution in [-0.2, 0) is 9.53 Å². The lowest BCUT2D eigenvalue weighted by atomic mass is 10.1. The number of esters is 1. The van der Waals surface area contributed by atoms with Crippen LogP contribution in [0.2, 0.25) is 0 Å². The highest BCUT2D eigenvalue weighted by molar-refractivity contribution is 5.81. The standard InChI is InChI=1S/C9H16O3/c1-3-8(6-5-7-10)12-9(11)4-2/h4,8,10H,2-3,5-7H2,1H3. The first-order valence-corrected chi connectivity index (χ1v) is 4.18. The van der Waals surface area contributed by atoms with E-state index in [0.29, 0.717) is 12.8 Å². The summed E-state index contributed by atoms with van der Waals surface area (Å²) in [6.07, 6.45) is 3.24. The first-order chi connectivity index (χ1) is 5.74. The summed E-state index contributed by atoms with van der Waals surface area (Å²) in [7, 11) is 0. The van der Waals surface area contributed by atoms with Gasteiger partial charge in [0.05, 0.1) is 0 Å². The molecule has 1 N–H and O–H groups in total. The molecular weight excluding hydrogens is 156 g/mol. The van der Waals surface area contributed by atoms with Crippen molar-refractivity contribution in [3.8, 4) is 0 Å². The summed E-state index contributed by atoms with van der Waals surface area (Å²) in [5, 5.41) is 8.54. The lowest BCUT2D eigenvalue weighted by Gasteiger charge is -2.13. The first kappa shape index (κ1) is 11.2. The molecule has 0 aliphatic heterocycles. The molecule has 1 unspecified atom stereocenters. The van der Waals surface area contributed by atoms with Crippen molar-refractivity contribution >= 4 is 5.97 Å². The zero-order valence-electron chi connectivity index (χ0n) is 7.45. The predicted octanol–water partition coefficient (Wildman–Crippen LogP) is 1.27. The average molecular weight is 172 g/mol.